The Balaban J connectivity index is 1.66. The molecule has 6 nitrogen and oxygen atoms in total. The standard InChI is InChI=1S/C24H22N4O2/c1-15(16-6-3-2-4-7-16)27-21(17-10-12-26-13-11-17)18-8-5-9-19(14-18)28-22-20(25)23(29)24(22)30/h2-15,21,27-28H,25H2,1H3/t15-,21?/m1/s1. The maximum atomic E-state index is 11.7. The number of nitrogen functional groups attached to an aromatic ring is 1. The monoisotopic (exact) mass is 398 g/mol. The number of anilines is 3. The van der Waals surface area contributed by atoms with Crippen LogP contribution in [0.5, 0.6) is 0 Å². The molecule has 1 unspecified atom stereocenters. The summed E-state index contributed by atoms with van der Waals surface area (Å²) in [6.07, 6.45) is 3.53. The van der Waals surface area contributed by atoms with Crippen LogP contribution in [0.25, 0.3) is 0 Å². The number of hydrogen-bond acceptors (Lipinski definition) is 6. The number of pyridine rings is 1. The predicted octanol–water partition coefficient (Wildman–Crippen LogP) is 3.44. The van der Waals surface area contributed by atoms with Crippen LogP contribution in [-0.2, 0) is 0 Å². The Bertz CT molecular complexity index is 1220. The molecule has 1 aromatic heterocycles. The van der Waals surface area contributed by atoms with Gasteiger partial charge in [-0.3, -0.25) is 19.9 Å². The molecule has 2 atom stereocenters. The van der Waals surface area contributed by atoms with Crippen molar-refractivity contribution in [3.8, 4) is 0 Å². The third-order valence-electron chi connectivity index (χ3n) is 5.19. The fourth-order valence-corrected chi connectivity index (χ4v) is 3.50. The Hall–Kier alpha value is -3.77. The number of nitrogens with zero attached hydrogens (tertiary/aromatic N) is 1. The zero-order valence-corrected chi connectivity index (χ0v) is 16.5. The number of hydrogen-bond donors (Lipinski definition) is 3. The summed E-state index contributed by atoms with van der Waals surface area (Å²) >= 11 is 0. The van der Waals surface area contributed by atoms with Gasteiger partial charge in [0.1, 0.15) is 11.4 Å². The summed E-state index contributed by atoms with van der Waals surface area (Å²) in [5, 5.41) is 6.67. The van der Waals surface area contributed by atoms with Crippen LogP contribution in [0, 0.1) is 0 Å². The number of benzene rings is 2. The minimum Gasteiger partial charge on any atom is -0.394 e. The fraction of sp³-hybridized carbons (Fsp3) is 0.125. The van der Waals surface area contributed by atoms with Crippen molar-refractivity contribution in [2.24, 2.45) is 0 Å². The van der Waals surface area contributed by atoms with Gasteiger partial charge in [-0.2, -0.15) is 0 Å². The van der Waals surface area contributed by atoms with Gasteiger partial charge in [-0.25, -0.2) is 0 Å². The van der Waals surface area contributed by atoms with E-state index in [0.717, 1.165) is 11.1 Å². The van der Waals surface area contributed by atoms with Crippen LogP contribution in [-0.4, -0.2) is 4.98 Å². The molecule has 0 amide bonds. The lowest BCUT2D eigenvalue weighted by Crippen LogP contribution is -2.36. The van der Waals surface area contributed by atoms with Crippen molar-refractivity contribution >= 4 is 17.1 Å². The average Bonchev–Trinajstić information content (AvgIpc) is 2.81. The van der Waals surface area contributed by atoms with E-state index in [1.807, 2.05) is 54.6 Å². The maximum absolute atomic E-state index is 11.7. The SMILES string of the molecule is C[C@@H](NC(c1ccncc1)c1cccc(Nc2c(N)c(=O)c2=O)c1)c1ccccc1. The van der Waals surface area contributed by atoms with Crippen LogP contribution in [0.4, 0.5) is 17.1 Å². The molecule has 0 radical (unpaired) electrons. The largest absolute Gasteiger partial charge is 0.394 e. The highest BCUT2D eigenvalue weighted by molar-refractivity contribution is 5.76. The van der Waals surface area contributed by atoms with E-state index < -0.39 is 10.9 Å². The van der Waals surface area contributed by atoms with Crippen LogP contribution in [0.2, 0.25) is 0 Å². The summed E-state index contributed by atoms with van der Waals surface area (Å²) < 4.78 is 0. The smallest absolute Gasteiger partial charge is 0.253 e. The molecule has 0 saturated carbocycles. The first kappa shape index (κ1) is 19.5. The molecule has 0 aliphatic rings. The topological polar surface area (TPSA) is 97.1 Å². The first-order valence-corrected chi connectivity index (χ1v) is 9.71. The summed E-state index contributed by atoms with van der Waals surface area (Å²) in [6, 6.07) is 21.9. The highest BCUT2D eigenvalue weighted by Gasteiger charge is 2.20. The van der Waals surface area contributed by atoms with Gasteiger partial charge in [-0.05, 0) is 47.9 Å². The molecule has 150 valence electrons. The summed E-state index contributed by atoms with van der Waals surface area (Å²) in [5.41, 5.74) is 8.51. The average molecular weight is 398 g/mol. The van der Waals surface area contributed by atoms with Crippen LogP contribution in [0.15, 0.2) is 88.7 Å². The van der Waals surface area contributed by atoms with Crippen LogP contribution >= 0.6 is 0 Å². The van der Waals surface area contributed by atoms with Gasteiger partial charge in [0.15, 0.2) is 0 Å². The normalized spacial score (nSPS) is 13.1. The lowest BCUT2D eigenvalue weighted by molar-refractivity contribution is 0.516. The molecular formula is C24H22N4O2. The van der Waals surface area contributed by atoms with Crippen LogP contribution in [0.3, 0.4) is 0 Å². The van der Waals surface area contributed by atoms with Crippen molar-refractivity contribution in [2.45, 2.75) is 19.0 Å². The fourth-order valence-electron chi connectivity index (χ4n) is 3.50. The Kier molecular flexibility index (Phi) is 5.41. The van der Waals surface area contributed by atoms with Crippen molar-refractivity contribution < 1.29 is 0 Å². The third kappa shape index (κ3) is 3.86. The van der Waals surface area contributed by atoms with Crippen molar-refractivity contribution in [2.75, 3.05) is 11.1 Å². The summed E-state index contributed by atoms with van der Waals surface area (Å²) in [6.45, 7) is 2.12. The first-order chi connectivity index (χ1) is 14.5. The minimum absolute atomic E-state index is 0.0214. The van der Waals surface area contributed by atoms with E-state index in [-0.39, 0.29) is 23.5 Å². The van der Waals surface area contributed by atoms with Gasteiger partial charge in [0.25, 0.3) is 10.9 Å². The number of aromatic nitrogens is 1. The van der Waals surface area contributed by atoms with E-state index in [1.54, 1.807) is 12.4 Å². The second-order valence-electron chi connectivity index (χ2n) is 7.21. The van der Waals surface area contributed by atoms with Gasteiger partial charge in [0.05, 0.1) is 6.04 Å². The number of nitrogens with two attached hydrogens (primary N) is 1. The van der Waals surface area contributed by atoms with E-state index >= 15 is 0 Å². The van der Waals surface area contributed by atoms with E-state index in [1.165, 1.54) is 5.56 Å². The van der Waals surface area contributed by atoms with E-state index in [0.29, 0.717) is 5.69 Å². The highest BCUT2D eigenvalue weighted by atomic mass is 16.2. The summed E-state index contributed by atoms with van der Waals surface area (Å²) in [4.78, 5) is 27.3. The number of nitrogens with one attached hydrogen (secondary N) is 2. The molecular weight excluding hydrogens is 376 g/mol. The third-order valence-corrected chi connectivity index (χ3v) is 5.19. The maximum Gasteiger partial charge on any atom is 0.253 e. The molecule has 0 spiro atoms. The van der Waals surface area contributed by atoms with Gasteiger partial charge in [-0.15, -0.1) is 0 Å². The van der Waals surface area contributed by atoms with Gasteiger partial charge in [0, 0.05) is 24.1 Å². The van der Waals surface area contributed by atoms with Gasteiger partial charge in [0.2, 0.25) is 0 Å². The Morgan fingerprint density at radius 1 is 0.833 bits per heavy atom. The minimum atomic E-state index is -0.637. The molecule has 0 saturated heterocycles. The quantitative estimate of drug-likeness (QED) is 0.413. The summed E-state index contributed by atoms with van der Waals surface area (Å²) in [5.74, 6) is 0. The lowest BCUT2D eigenvalue weighted by atomic mass is 9.97. The van der Waals surface area contributed by atoms with Crippen molar-refractivity contribution in [1.82, 2.24) is 10.3 Å². The van der Waals surface area contributed by atoms with Crippen molar-refractivity contribution in [3.05, 3.63) is 116 Å². The molecule has 6 heteroatoms. The van der Waals surface area contributed by atoms with Crippen LogP contribution in [0.1, 0.15) is 35.7 Å². The molecule has 4 N–H and O–H groups in total. The number of rotatable bonds is 7. The zero-order valence-electron chi connectivity index (χ0n) is 16.5. The van der Waals surface area contributed by atoms with Gasteiger partial charge >= 0.3 is 0 Å². The molecule has 0 aliphatic carbocycles. The van der Waals surface area contributed by atoms with E-state index in [2.05, 4.69) is 34.7 Å². The second kappa shape index (κ2) is 8.31. The molecule has 0 bridgehead atoms. The lowest BCUT2D eigenvalue weighted by Gasteiger charge is -2.25. The van der Waals surface area contributed by atoms with Crippen molar-refractivity contribution in [1.29, 1.82) is 0 Å². The molecule has 4 aromatic rings. The molecule has 0 fully saturated rings. The molecule has 1 heterocycles. The predicted molar refractivity (Wildman–Crippen MR) is 120 cm³/mol. The highest BCUT2D eigenvalue weighted by Crippen LogP contribution is 2.28. The Morgan fingerprint density at radius 3 is 2.23 bits per heavy atom. The molecule has 30 heavy (non-hydrogen) atoms. The molecule has 0 aliphatic heterocycles. The Morgan fingerprint density at radius 2 is 1.53 bits per heavy atom. The molecule has 4 rings (SSSR count). The van der Waals surface area contributed by atoms with E-state index in [4.69, 9.17) is 5.73 Å². The van der Waals surface area contributed by atoms with Crippen LogP contribution < -0.4 is 27.2 Å². The second-order valence-corrected chi connectivity index (χ2v) is 7.21. The zero-order chi connectivity index (χ0) is 21.1. The van der Waals surface area contributed by atoms with E-state index in [9.17, 15) is 9.59 Å². The van der Waals surface area contributed by atoms with Crippen molar-refractivity contribution in [3.63, 3.8) is 0 Å². The first-order valence-electron chi connectivity index (χ1n) is 9.71. The Labute approximate surface area is 174 Å². The van der Waals surface area contributed by atoms with Gasteiger partial charge in [-0.1, -0.05) is 42.5 Å². The molecule has 3 aromatic carbocycles. The summed E-state index contributed by atoms with van der Waals surface area (Å²) in [7, 11) is 0. The van der Waals surface area contributed by atoms with Gasteiger partial charge < -0.3 is 11.1 Å².